The van der Waals surface area contributed by atoms with E-state index in [9.17, 15) is 4.79 Å². The number of pyridine rings is 1. The van der Waals surface area contributed by atoms with E-state index in [1.165, 1.54) is 13.2 Å². The van der Waals surface area contributed by atoms with Crippen LogP contribution in [0.2, 0.25) is 5.15 Å². The minimum Gasteiger partial charge on any atom is -0.465 e. The molecule has 5 nitrogen and oxygen atoms in total. The van der Waals surface area contributed by atoms with E-state index in [4.69, 9.17) is 21.1 Å². The molecule has 1 atom stereocenters. The average molecular weight is 281 g/mol. The van der Waals surface area contributed by atoms with Crippen LogP contribution < -0.4 is 0 Å². The van der Waals surface area contributed by atoms with Crippen LogP contribution in [0.25, 0.3) is 11.0 Å². The highest BCUT2D eigenvalue weighted by Gasteiger charge is 2.22. The van der Waals surface area contributed by atoms with Crippen molar-refractivity contribution in [1.82, 2.24) is 9.55 Å². The van der Waals surface area contributed by atoms with Crippen LogP contribution in [0.5, 0.6) is 0 Å². The first-order valence-corrected chi connectivity index (χ1v) is 6.41. The van der Waals surface area contributed by atoms with E-state index in [2.05, 4.69) is 4.98 Å². The topological polar surface area (TPSA) is 53.3 Å². The monoisotopic (exact) mass is 280 g/mol. The molecule has 3 rings (SSSR count). The Bertz CT molecular complexity index is 632. The van der Waals surface area contributed by atoms with Gasteiger partial charge in [-0.1, -0.05) is 11.6 Å². The van der Waals surface area contributed by atoms with Gasteiger partial charge < -0.3 is 14.0 Å². The SMILES string of the molecule is COC(=O)c1cc(Cl)nc2c1ccn2C1CCOC1. The second-order valence-electron chi connectivity index (χ2n) is 4.46. The second-order valence-corrected chi connectivity index (χ2v) is 4.85. The number of rotatable bonds is 2. The summed E-state index contributed by atoms with van der Waals surface area (Å²) in [7, 11) is 1.35. The average Bonchev–Trinajstić information content (AvgIpc) is 3.04. The lowest BCUT2D eigenvalue weighted by Gasteiger charge is -2.11. The number of carbonyl (C=O) groups excluding carboxylic acids is 1. The summed E-state index contributed by atoms with van der Waals surface area (Å²) in [6.07, 6.45) is 2.85. The molecule has 6 heteroatoms. The van der Waals surface area contributed by atoms with Gasteiger partial charge in [0.2, 0.25) is 0 Å². The summed E-state index contributed by atoms with van der Waals surface area (Å²) in [6.45, 7) is 1.40. The fourth-order valence-electron chi connectivity index (χ4n) is 2.41. The van der Waals surface area contributed by atoms with Gasteiger partial charge in [-0.25, -0.2) is 9.78 Å². The van der Waals surface area contributed by atoms with Gasteiger partial charge >= 0.3 is 5.97 Å². The Hall–Kier alpha value is -1.59. The second kappa shape index (κ2) is 4.83. The largest absolute Gasteiger partial charge is 0.465 e. The highest BCUT2D eigenvalue weighted by Crippen LogP contribution is 2.28. The van der Waals surface area contributed by atoms with Crippen LogP contribution in [0.1, 0.15) is 22.8 Å². The zero-order valence-electron chi connectivity index (χ0n) is 10.4. The van der Waals surface area contributed by atoms with Crippen molar-refractivity contribution in [2.24, 2.45) is 0 Å². The van der Waals surface area contributed by atoms with E-state index in [1.54, 1.807) is 0 Å². The van der Waals surface area contributed by atoms with Crippen molar-refractivity contribution in [3.05, 3.63) is 29.0 Å². The predicted octanol–water partition coefficient (Wildman–Crippen LogP) is 2.44. The van der Waals surface area contributed by atoms with Crippen LogP contribution in [-0.4, -0.2) is 35.8 Å². The maximum absolute atomic E-state index is 11.8. The van der Waals surface area contributed by atoms with Crippen LogP contribution in [-0.2, 0) is 9.47 Å². The molecule has 1 fully saturated rings. The number of hydrogen-bond acceptors (Lipinski definition) is 4. The fourth-order valence-corrected chi connectivity index (χ4v) is 2.60. The summed E-state index contributed by atoms with van der Waals surface area (Å²) in [6, 6.07) is 3.64. The highest BCUT2D eigenvalue weighted by atomic mass is 35.5. The maximum atomic E-state index is 11.8. The smallest absolute Gasteiger partial charge is 0.338 e. The summed E-state index contributed by atoms with van der Waals surface area (Å²) < 4.78 is 12.2. The van der Waals surface area contributed by atoms with E-state index < -0.39 is 5.97 Å². The zero-order valence-corrected chi connectivity index (χ0v) is 11.2. The van der Waals surface area contributed by atoms with E-state index in [0.717, 1.165) is 18.4 Å². The Morgan fingerprint density at radius 1 is 1.63 bits per heavy atom. The Morgan fingerprint density at radius 3 is 3.16 bits per heavy atom. The third-order valence-electron chi connectivity index (χ3n) is 3.36. The first kappa shape index (κ1) is 12.4. The first-order valence-electron chi connectivity index (χ1n) is 6.04. The Morgan fingerprint density at radius 2 is 2.47 bits per heavy atom. The molecule has 3 heterocycles. The number of halogens is 1. The predicted molar refractivity (Wildman–Crippen MR) is 70.6 cm³/mol. The van der Waals surface area contributed by atoms with Crippen LogP contribution in [0.15, 0.2) is 18.3 Å². The van der Waals surface area contributed by atoms with Gasteiger partial charge in [0, 0.05) is 18.2 Å². The molecule has 1 aliphatic heterocycles. The summed E-state index contributed by atoms with van der Waals surface area (Å²) in [4.78, 5) is 16.1. The van der Waals surface area contributed by atoms with Crippen molar-refractivity contribution in [3.8, 4) is 0 Å². The molecule has 0 radical (unpaired) electrons. The maximum Gasteiger partial charge on any atom is 0.338 e. The van der Waals surface area contributed by atoms with Gasteiger partial charge in [-0.15, -0.1) is 0 Å². The van der Waals surface area contributed by atoms with Crippen LogP contribution >= 0.6 is 11.6 Å². The molecule has 0 spiro atoms. The number of esters is 1. The molecule has 0 N–H and O–H groups in total. The van der Waals surface area contributed by atoms with E-state index >= 15 is 0 Å². The standard InChI is InChI=1S/C13H13ClN2O3/c1-18-13(17)10-6-11(14)15-12-9(10)2-4-16(12)8-3-5-19-7-8/h2,4,6,8H,3,5,7H2,1H3. The Balaban J connectivity index is 2.17. The number of nitrogens with zero attached hydrogens (tertiary/aromatic N) is 2. The number of aromatic nitrogens is 2. The molecule has 2 aromatic heterocycles. The van der Waals surface area contributed by atoms with E-state index in [-0.39, 0.29) is 11.2 Å². The number of ether oxygens (including phenoxy) is 2. The third-order valence-corrected chi connectivity index (χ3v) is 3.55. The molecule has 0 bridgehead atoms. The summed E-state index contributed by atoms with van der Waals surface area (Å²) in [5, 5.41) is 1.04. The lowest BCUT2D eigenvalue weighted by molar-refractivity contribution is 0.0603. The number of fused-ring (bicyclic) bond motifs is 1. The van der Waals surface area contributed by atoms with Gasteiger partial charge in [-0.2, -0.15) is 0 Å². The van der Waals surface area contributed by atoms with Gasteiger partial charge in [0.15, 0.2) is 0 Å². The van der Waals surface area contributed by atoms with Crippen molar-refractivity contribution in [3.63, 3.8) is 0 Å². The number of hydrogen-bond donors (Lipinski definition) is 0. The van der Waals surface area contributed by atoms with Crippen molar-refractivity contribution in [2.75, 3.05) is 20.3 Å². The van der Waals surface area contributed by atoms with Crippen molar-refractivity contribution < 1.29 is 14.3 Å². The molecule has 1 saturated heterocycles. The van der Waals surface area contributed by atoms with E-state index in [0.29, 0.717) is 17.8 Å². The molecule has 0 amide bonds. The summed E-state index contributed by atoms with van der Waals surface area (Å²) >= 11 is 6.00. The fraction of sp³-hybridized carbons (Fsp3) is 0.385. The minimum absolute atomic E-state index is 0.244. The summed E-state index contributed by atoms with van der Waals surface area (Å²) in [5.74, 6) is -0.408. The van der Waals surface area contributed by atoms with Gasteiger partial charge in [0.1, 0.15) is 10.8 Å². The van der Waals surface area contributed by atoms with Gasteiger partial charge in [-0.05, 0) is 18.6 Å². The molecule has 1 aliphatic rings. The Kier molecular flexibility index (Phi) is 3.16. The number of methoxy groups -OCH3 is 1. The van der Waals surface area contributed by atoms with Gasteiger partial charge in [0.05, 0.1) is 25.3 Å². The van der Waals surface area contributed by atoms with Crippen LogP contribution in [0.4, 0.5) is 0 Å². The van der Waals surface area contributed by atoms with Crippen LogP contribution in [0, 0.1) is 0 Å². The van der Waals surface area contributed by atoms with Crippen molar-refractivity contribution in [2.45, 2.75) is 12.5 Å². The minimum atomic E-state index is -0.408. The Labute approximate surface area is 115 Å². The lowest BCUT2D eigenvalue weighted by atomic mass is 10.2. The molecule has 19 heavy (non-hydrogen) atoms. The molecular formula is C13H13ClN2O3. The normalized spacial score (nSPS) is 18.9. The molecule has 100 valence electrons. The molecule has 0 aliphatic carbocycles. The summed E-state index contributed by atoms with van der Waals surface area (Å²) in [5.41, 5.74) is 1.14. The van der Waals surface area contributed by atoms with Crippen LogP contribution in [0.3, 0.4) is 0 Å². The highest BCUT2D eigenvalue weighted by molar-refractivity contribution is 6.30. The van der Waals surface area contributed by atoms with E-state index in [1.807, 2.05) is 16.8 Å². The molecule has 2 aromatic rings. The third kappa shape index (κ3) is 2.09. The molecular weight excluding hydrogens is 268 g/mol. The van der Waals surface area contributed by atoms with Gasteiger partial charge in [0.25, 0.3) is 0 Å². The van der Waals surface area contributed by atoms with Crippen molar-refractivity contribution >= 4 is 28.6 Å². The van der Waals surface area contributed by atoms with Gasteiger partial charge in [-0.3, -0.25) is 0 Å². The zero-order chi connectivity index (χ0) is 13.4. The lowest BCUT2D eigenvalue weighted by Crippen LogP contribution is -2.09. The quantitative estimate of drug-likeness (QED) is 0.626. The molecule has 0 saturated carbocycles. The molecule has 0 aromatic carbocycles. The van der Waals surface area contributed by atoms with Crippen molar-refractivity contribution in [1.29, 1.82) is 0 Å². The molecule has 1 unspecified atom stereocenters. The first-order chi connectivity index (χ1) is 9.20. The number of carbonyl (C=O) groups is 1.